The summed E-state index contributed by atoms with van der Waals surface area (Å²) in [4.78, 5) is 3.84. The second-order valence-corrected chi connectivity index (χ2v) is 2.92. The summed E-state index contributed by atoms with van der Waals surface area (Å²) in [6, 6.07) is 0. The van der Waals surface area contributed by atoms with Gasteiger partial charge in [0.05, 0.1) is 12.1 Å². The quantitative estimate of drug-likeness (QED) is 0.173. The Balaban J connectivity index is 2.30. The topological polar surface area (TPSA) is 96.7 Å². The van der Waals surface area contributed by atoms with Crippen molar-refractivity contribution in [3.63, 3.8) is 0 Å². The predicted molar refractivity (Wildman–Crippen MR) is 42.6 cm³/mol. The summed E-state index contributed by atoms with van der Waals surface area (Å²) < 4.78 is 0. The van der Waals surface area contributed by atoms with E-state index in [1.54, 1.807) is 0 Å². The number of aliphatic hydroxyl groups is 1. The van der Waals surface area contributed by atoms with Gasteiger partial charge in [-0.25, -0.2) is 10.8 Å². The van der Waals surface area contributed by atoms with Gasteiger partial charge in [-0.3, -0.25) is 5.43 Å². The summed E-state index contributed by atoms with van der Waals surface area (Å²) in [5, 5.41) is 9.52. The van der Waals surface area contributed by atoms with E-state index >= 15 is 0 Å². The molecule has 5 nitrogen and oxygen atoms in total. The van der Waals surface area contributed by atoms with Crippen molar-refractivity contribution < 1.29 is 5.11 Å². The molecule has 1 aliphatic rings. The Morgan fingerprint density at radius 1 is 1.64 bits per heavy atom. The van der Waals surface area contributed by atoms with E-state index in [2.05, 4.69) is 10.4 Å². The van der Waals surface area contributed by atoms with Crippen molar-refractivity contribution in [2.75, 3.05) is 6.54 Å². The van der Waals surface area contributed by atoms with E-state index in [0.29, 0.717) is 6.54 Å². The summed E-state index contributed by atoms with van der Waals surface area (Å²) in [5.74, 6) is 5.15. The van der Waals surface area contributed by atoms with E-state index in [1.807, 2.05) is 0 Å². The van der Waals surface area contributed by atoms with Crippen LogP contribution in [-0.2, 0) is 0 Å². The molecule has 0 unspecified atom stereocenters. The van der Waals surface area contributed by atoms with Crippen LogP contribution in [0, 0.1) is 0 Å². The van der Waals surface area contributed by atoms with Crippen LogP contribution < -0.4 is 17.0 Å². The third-order valence-electron chi connectivity index (χ3n) is 1.98. The van der Waals surface area contributed by atoms with Gasteiger partial charge in [0.15, 0.2) is 0 Å². The molecule has 0 aromatic heterocycles. The molecule has 0 aliphatic heterocycles. The Morgan fingerprint density at radius 2 is 2.27 bits per heavy atom. The van der Waals surface area contributed by atoms with Crippen LogP contribution in [-0.4, -0.2) is 23.2 Å². The molecule has 0 saturated heterocycles. The van der Waals surface area contributed by atoms with Gasteiger partial charge in [-0.1, -0.05) is 0 Å². The highest BCUT2D eigenvalue weighted by Gasteiger charge is 2.33. The zero-order valence-electron chi connectivity index (χ0n) is 6.38. The Morgan fingerprint density at radius 3 is 2.64 bits per heavy atom. The van der Waals surface area contributed by atoms with E-state index in [1.165, 1.54) is 0 Å². The van der Waals surface area contributed by atoms with Gasteiger partial charge in [-0.15, -0.1) is 0 Å². The van der Waals surface area contributed by atoms with Gasteiger partial charge in [0.25, 0.3) is 0 Å². The fourth-order valence-corrected chi connectivity index (χ4v) is 1.02. The lowest BCUT2D eigenvalue weighted by Crippen LogP contribution is -2.43. The number of hydrogen-bond donors (Lipinski definition) is 4. The van der Waals surface area contributed by atoms with Crippen molar-refractivity contribution in [1.29, 1.82) is 0 Å². The van der Waals surface area contributed by atoms with Crippen molar-refractivity contribution >= 4 is 5.96 Å². The molecule has 1 aliphatic carbocycles. The van der Waals surface area contributed by atoms with Crippen LogP contribution in [0.25, 0.3) is 0 Å². The van der Waals surface area contributed by atoms with Crippen molar-refractivity contribution in [1.82, 2.24) is 5.43 Å². The standard InChI is InChI=1S/C6H14N4O/c7-5(10-8)9-4-6(11)2-1-3-6/h11H,1-4,8H2,(H3,7,9,10). The number of nitrogens with one attached hydrogen (secondary N) is 1. The summed E-state index contributed by atoms with van der Waals surface area (Å²) in [7, 11) is 0. The summed E-state index contributed by atoms with van der Waals surface area (Å²) in [6.45, 7) is 0.350. The molecule has 1 fully saturated rings. The molecule has 6 N–H and O–H groups in total. The smallest absolute Gasteiger partial charge is 0.203 e. The molecule has 64 valence electrons. The molecule has 1 saturated carbocycles. The molecule has 0 amide bonds. The third-order valence-corrected chi connectivity index (χ3v) is 1.98. The molecule has 0 aromatic carbocycles. The first kappa shape index (κ1) is 8.29. The molecular weight excluding hydrogens is 144 g/mol. The number of nitrogens with two attached hydrogens (primary N) is 2. The Kier molecular flexibility index (Phi) is 2.31. The second-order valence-electron chi connectivity index (χ2n) is 2.92. The van der Waals surface area contributed by atoms with Gasteiger partial charge in [0, 0.05) is 0 Å². The molecule has 5 heteroatoms. The molecule has 1 rings (SSSR count). The summed E-state index contributed by atoms with van der Waals surface area (Å²) in [6.07, 6.45) is 2.70. The normalized spacial score (nSPS) is 22.5. The van der Waals surface area contributed by atoms with Gasteiger partial charge in [0.2, 0.25) is 5.96 Å². The van der Waals surface area contributed by atoms with Crippen molar-refractivity contribution in [3.8, 4) is 0 Å². The average Bonchev–Trinajstić information content (AvgIpc) is 1.96. The average molecular weight is 158 g/mol. The maximum atomic E-state index is 9.52. The summed E-state index contributed by atoms with van der Waals surface area (Å²) in [5.41, 5.74) is 6.85. The molecule has 0 heterocycles. The molecule has 11 heavy (non-hydrogen) atoms. The van der Waals surface area contributed by atoms with Crippen LogP contribution in [0.15, 0.2) is 4.99 Å². The number of rotatable bonds is 2. The molecular formula is C6H14N4O. The molecule has 0 radical (unpaired) electrons. The van der Waals surface area contributed by atoms with Gasteiger partial charge >= 0.3 is 0 Å². The Labute approximate surface area is 65.4 Å². The van der Waals surface area contributed by atoms with Crippen molar-refractivity contribution in [3.05, 3.63) is 0 Å². The molecule has 0 bridgehead atoms. The van der Waals surface area contributed by atoms with E-state index < -0.39 is 5.60 Å². The highest BCUT2D eigenvalue weighted by atomic mass is 16.3. The van der Waals surface area contributed by atoms with E-state index in [-0.39, 0.29) is 5.96 Å². The van der Waals surface area contributed by atoms with Crippen LogP contribution >= 0.6 is 0 Å². The number of hydrogen-bond acceptors (Lipinski definition) is 3. The van der Waals surface area contributed by atoms with Crippen LogP contribution in [0.3, 0.4) is 0 Å². The summed E-state index contributed by atoms with van der Waals surface area (Å²) >= 11 is 0. The van der Waals surface area contributed by atoms with Gasteiger partial charge in [-0.2, -0.15) is 0 Å². The van der Waals surface area contributed by atoms with Gasteiger partial charge < -0.3 is 10.8 Å². The lowest BCUT2D eigenvalue weighted by Gasteiger charge is -2.34. The highest BCUT2D eigenvalue weighted by molar-refractivity contribution is 5.77. The third kappa shape index (κ3) is 2.06. The first-order chi connectivity index (χ1) is 5.16. The predicted octanol–water partition coefficient (Wildman–Crippen LogP) is -1.32. The van der Waals surface area contributed by atoms with Crippen molar-refractivity contribution in [2.24, 2.45) is 16.6 Å². The first-order valence-corrected chi connectivity index (χ1v) is 3.65. The molecule has 0 spiro atoms. The Bertz CT molecular complexity index is 164. The number of aliphatic imine (C=N–C) groups is 1. The minimum Gasteiger partial charge on any atom is -0.388 e. The van der Waals surface area contributed by atoms with Crippen LogP contribution in [0.5, 0.6) is 0 Å². The van der Waals surface area contributed by atoms with E-state index in [9.17, 15) is 5.11 Å². The SMILES string of the molecule is NNC(N)=NCC1(O)CCC1. The number of nitrogens with zero attached hydrogens (tertiary/aromatic N) is 1. The van der Waals surface area contributed by atoms with Crippen LogP contribution in [0.1, 0.15) is 19.3 Å². The molecule has 0 aromatic rings. The first-order valence-electron chi connectivity index (χ1n) is 3.65. The fraction of sp³-hybridized carbons (Fsp3) is 0.833. The van der Waals surface area contributed by atoms with E-state index in [0.717, 1.165) is 19.3 Å². The highest BCUT2D eigenvalue weighted by Crippen LogP contribution is 2.31. The minimum atomic E-state index is -0.610. The zero-order chi connectivity index (χ0) is 8.32. The van der Waals surface area contributed by atoms with Gasteiger partial charge in [-0.05, 0) is 19.3 Å². The zero-order valence-corrected chi connectivity index (χ0v) is 6.38. The maximum Gasteiger partial charge on any atom is 0.203 e. The largest absolute Gasteiger partial charge is 0.388 e. The molecule has 0 atom stereocenters. The Hall–Kier alpha value is -0.810. The lowest BCUT2D eigenvalue weighted by atomic mass is 9.80. The fourth-order valence-electron chi connectivity index (χ4n) is 1.02. The monoisotopic (exact) mass is 158 g/mol. The van der Waals surface area contributed by atoms with E-state index in [4.69, 9.17) is 11.6 Å². The van der Waals surface area contributed by atoms with Gasteiger partial charge in [0.1, 0.15) is 0 Å². The second kappa shape index (κ2) is 3.06. The minimum absolute atomic E-state index is 0.172. The van der Waals surface area contributed by atoms with Crippen LogP contribution in [0.2, 0.25) is 0 Å². The maximum absolute atomic E-state index is 9.52. The van der Waals surface area contributed by atoms with Crippen LogP contribution in [0.4, 0.5) is 0 Å². The van der Waals surface area contributed by atoms with Crippen molar-refractivity contribution in [2.45, 2.75) is 24.9 Å². The number of guanidine groups is 1. The lowest BCUT2D eigenvalue weighted by molar-refractivity contribution is -0.0235. The number of hydrazine groups is 1.